The molecule has 17 heavy (non-hydrogen) atoms. The molecule has 1 rings (SSSR count). The number of amides is 1. The van der Waals surface area contributed by atoms with Gasteiger partial charge in [0.2, 0.25) is 5.91 Å². The van der Waals surface area contributed by atoms with Crippen LogP contribution >= 0.6 is 0 Å². The topological polar surface area (TPSA) is 81.6 Å². The fourth-order valence-electron chi connectivity index (χ4n) is 2.16. The number of hydrogen-bond acceptors (Lipinski definition) is 4. The molecule has 0 aliphatic carbocycles. The Morgan fingerprint density at radius 2 is 2.29 bits per heavy atom. The van der Waals surface area contributed by atoms with Crippen LogP contribution in [0.25, 0.3) is 0 Å². The highest BCUT2D eigenvalue weighted by Crippen LogP contribution is 2.31. The summed E-state index contributed by atoms with van der Waals surface area (Å²) in [5.41, 5.74) is -0.442. The van der Waals surface area contributed by atoms with E-state index < -0.39 is 11.5 Å². The summed E-state index contributed by atoms with van der Waals surface area (Å²) in [6, 6.07) is 0. The highest BCUT2D eigenvalue weighted by atomic mass is 16.3. The minimum atomic E-state index is -0.876. The zero-order valence-corrected chi connectivity index (χ0v) is 10.7. The first-order chi connectivity index (χ1) is 7.98. The van der Waals surface area contributed by atoms with Gasteiger partial charge in [-0.2, -0.15) is 0 Å². The van der Waals surface area contributed by atoms with E-state index in [0.29, 0.717) is 5.92 Å². The summed E-state index contributed by atoms with van der Waals surface area (Å²) in [5, 5.41) is 23.9. The van der Waals surface area contributed by atoms with Crippen LogP contribution in [-0.4, -0.2) is 48.5 Å². The summed E-state index contributed by atoms with van der Waals surface area (Å²) >= 11 is 0. The van der Waals surface area contributed by atoms with Crippen molar-refractivity contribution >= 4 is 5.91 Å². The molecule has 0 saturated carbocycles. The second-order valence-electron chi connectivity index (χ2n) is 5.31. The minimum Gasteiger partial charge on any atom is -0.394 e. The van der Waals surface area contributed by atoms with E-state index in [4.69, 9.17) is 5.11 Å². The van der Waals surface area contributed by atoms with E-state index in [1.54, 1.807) is 0 Å². The third-order valence-electron chi connectivity index (χ3n) is 3.61. The molecule has 0 aromatic heterocycles. The molecule has 1 amide bonds. The van der Waals surface area contributed by atoms with E-state index in [2.05, 4.69) is 10.6 Å². The molecule has 1 aliphatic heterocycles. The van der Waals surface area contributed by atoms with Crippen LogP contribution in [-0.2, 0) is 4.79 Å². The number of carbonyl (C=O) groups is 1. The number of aliphatic hydroxyl groups excluding tert-OH is 2. The Morgan fingerprint density at radius 3 is 2.82 bits per heavy atom. The quantitative estimate of drug-likeness (QED) is 0.524. The maximum absolute atomic E-state index is 12.1. The Hall–Kier alpha value is -0.650. The highest BCUT2D eigenvalue weighted by molar-refractivity contribution is 5.82. The molecule has 1 heterocycles. The van der Waals surface area contributed by atoms with Gasteiger partial charge in [0.05, 0.1) is 12.7 Å². The van der Waals surface area contributed by atoms with Gasteiger partial charge in [-0.05, 0) is 31.8 Å². The molecule has 0 bridgehead atoms. The number of piperidine rings is 1. The lowest BCUT2D eigenvalue weighted by Gasteiger charge is -2.36. The summed E-state index contributed by atoms with van der Waals surface area (Å²) in [6.07, 6.45) is 1.27. The number of hydrogen-bond donors (Lipinski definition) is 4. The van der Waals surface area contributed by atoms with E-state index >= 15 is 0 Å². The van der Waals surface area contributed by atoms with Gasteiger partial charge in [-0.3, -0.25) is 4.79 Å². The predicted molar refractivity (Wildman–Crippen MR) is 65.5 cm³/mol. The van der Waals surface area contributed by atoms with E-state index in [1.807, 2.05) is 13.8 Å². The van der Waals surface area contributed by atoms with Crippen molar-refractivity contribution in [1.82, 2.24) is 10.6 Å². The second kappa shape index (κ2) is 6.33. The molecule has 5 nitrogen and oxygen atoms in total. The molecule has 2 unspecified atom stereocenters. The largest absolute Gasteiger partial charge is 0.394 e. The lowest BCUT2D eigenvalue weighted by molar-refractivity contribution is -0.133. The first-order valence-electron chi connectivity index (χ1n) is 6.26. The molecule has 0 aromatic carbocycles. The number of nitrogens with one attached hydrogen (secondary N) is 2. The van der Waals surface area contributed by atoms with E-state index in [1.165, 1.54) is 0 Å². The van der Waals surface area contributed by atoms with Crippen LogP contribution in [0.2, 0.25) is 0 Å². The number of rotatable bonds is 5. The van der Waals surface area contributed by atoms with Crippen molar-refractivity contribution < 1.29 is 15.0 Å². The van der Waals surface area contributed by atoms with Crippen molar-refractivity contribution in [1.29, 1.82) is 0 Å². The molecule has 1 fully saturated rings. The van der Waals surface area contributed by atoms with Gasteiger partial charge in [0.1, 0.15) is 0 Å². The van der Waals surface area contributed by atoms with Crippen LogP contribution in [0.3, 0.4) is 0 Å². The van der Waals surface area contributed by atoms with Crippen molar-refractivity contribution in [2.24, 2.45) is 11.3 Å². The standard InChI is InChI=1S/C12H24N2O3/c1-12(2,9-4-3-5-13-6-9)11(17)14-7-10(16)8-15/h9-10,13,15-16H,3-8H2,1-2H3,(H,14,17). The smallest absolute Gasteiger partial charge is 0.226 e. The molecular formula is C12H24N2O3. The van der Waals surface area contributed by atoms with Crippen molar-refractivity contribution in [2.45, 2.75) is 32.8 Å². The molecule has 5 heteroatoms. The lowest BCUT2D eigenvalue weighted by Crippen LogP contribution is -2.48. The van der Waals surface area contributed by atoms with Gasteiger partial charge in [-0.1, -0.05) is 13.8 Å². The SMILES string of the molecule is CC(C)(C(=O)NCC(O)CO)C1CCCNC1. The molecule has 2 atom stereocenters. The maximum Gasteiger partial charge on any atom is 0.226 e. The average Bonchev–Trinajstić information content (AvgIpc) is 2.36. The summed E-state index contributed by atoms with van der Waals surface area (Å²) in [7, 11) is 0. The summed E-state index contributed by atoms with van der Waals surface area (Å²) in [6.45, 7) is 5.54. The van der Waals surface area contributed by atoms with Gasteiger partial charge >= 0.3 is 0 Å². The van der Waals surface area contributed by atoms with Crippen LogP contribution in [0.4, 0.5) is 0 Å². The Labute approximate surface area is 103 Å². The third kappa shape index (κ3) is 3.94. The van der Waals surface area contributed by atoms with Crippen LogP contribution in [0, 0.1) is 11.3 Å². The third-order valence-corrected chi connectivity index (χ3v) is 3.61. The summed E-state index contributed by atoms with van der Waals surface area (Å²) < 4.78 is 0. The van der Waals surface area contributed by atoms with E-state index in [-0.39, 0.29) is 19.1 Å². The average molecular weight is 244 g/mol. The second-order valence-corrected chi connectivity index (χ2v) is 5.31. The minimum absolute atomic E-state index is 0.0568. The molecule has 100 valence electrons. The summed E-state index contributed by atoms with van der Waals surface area (Å²) in [4.78, 5) is 12.1. The van der Waals surface area contributed by atoms with Crippen LogP contribution < -0.4 is 10.6 Å². The van der Waals surface area contributed by atoms with Crippen LogP contribution in [0.5, 0.6) is 0 Å². The van der Waals surface area contributed by atoms with Crippen molar-refractivity contribution in [3.05, 3.63) is 0 Å². The Bertz CT molecular complexity index is 250. The van der Waals surface area contributed by atoms with Gasteiger partial charge in [-0.15, -0.1) is 0 Å². The normalized spacial score (nSPS) is 23.2. The zero-order chi connectivity index (χ0) is 12.9. The molecule has 1 aliphatic rings. The van der Waals surface area contributed by atoms with Gasteiger partial charge in [-0.25, -0.2) is 0 Å². The van der Waals surface area contributed by atoms with Gasteiger partial charge in [0.15, 0.2) is 0 Å². The number of carbonyl (C=O) groups excluding carboxylic acids is 1. The van der Waals surface area contributed by atoms with E-state index in [9.17, 15) is 9.90 Å². The zero-order valence-electron chi connectivity index (χ0n) is 10.7. The first-order valence-corrected chi connectivity index (χ1v) is 6.26. The molecular weight excluding hydrogens is 220 g/mol. The summed E-state index contributed by atoms with van der Waals surface area (Å²) in [5.74, 6) is 0.265. The highest BCUT2D eigenvalue weighted by Gasteiger charge is 2.37. The number of aliphatic hydroxyl groups is 2. The first kappa shape index (κ1) is 14.4. The Balaban J connectivity index is 2.47. The van der Waals surface area contributed by atoms with Gasteiger partial charge in [0.25, 0.3) is 0 Å². The fourth-order valence-corrected chi connectivity index (χ4v) is 2.16. The molecule has 1 saturated heterocycles. The van der Waals surface area contributed by atoms with Crippen molar-refractivity contribution in [3.8, 4) is 0 Å². The molecule has 4 N–H and O–H groups in total. The van der Waals surface area contributed by atoms with Crippen molar-refractivity contribution in [2.75, 3.05) is 26.2 Å². The Morgan fingerprint density at radius 1 is 1.59 bits per heavy atom. The predicted octanol–water partition coefficient (Wildman–Crippen LogP) is -0.518. The molecule has 0 radical (unpaired) electrons. The fraction of sp³-hybridized carbons (Fsp3) is 0.917. The van der Waals surface area contributed by atoms with Gasteiger partial charge in [0, 0.05) is 12.0 Å². The maximum atomic E-state index is 12.1. The van der Waals surface area contributed by atoms with E-state index in [0.717, 1.165) is 25.9 Å². The van der Waals surface area contributed by atoms with Crippen LogP contribution in [0.15, 0.2) is 0 Å². The van der Waals surface area contributed by atoms with Crippen molar-refractivity contribution in [3.63, 3.8) is 0 Å². The van der Waals surface area contributed by atoms with Gasteiger partial charge < -0.3 is 20.8 Å². The lowest BCUT2D eigenvalue weighted by atomic mass is 9.74. The molecule has 0 aromatic rings. The van der Waals surface area contributed by atoms with Crippen LogP contribution in [0.1, 0.15) is 26.7 Å². The monoisotopic (exact) mass is 244 g/mol. The Kier molecular flexibility index (Phi) is 5.36. The molecule has 0 spiro atoms.